The van der Waals surface area contributed by atoms with Gasteiger partial charge in [0, 0.05) is 33.4 Å². The van der Waals surface area contributed by atoms with Crippen molar-refractivity contribution in [3.8, 4) is 4.90 Å². The molecule has 1 aliphatic rings. The van der Waals surface area contributed by atoms with Crippen LogP contribution in [0.1, 0.15) is 55.5 Å². The molecule has 144 valence electrons. The zero-order chi connectivity index (χ0) is 19.7. The fraction of sp³-hybridized carbons (Fsp3) is 0.346. The summed E-state index contributed by atoms with van der Waals surface area (Å²) in [5.74, 6) is 0.770. The van der Waals surface area contributed by atoms with Crippen molar-refractivity contribution in [2.75, 3.05) is 0 Å². The van der Waals surface area contributed by atoms with Crippen LogP contribution in [-0.2, 0) is 0 Å². The molecule has 1 heterocycles. The lowest BCUT2D eigenvalue weighted by Gasteiger charge is -2.33. The van der Waals surface area contributed by atoms with Crippen LogP contribution in [0.25, 0.3) is 15.0 Å². The zero-order valence-electron chi connectivity index (χ0n) is 17.1. The lowest BCUT2D eigenvalue weighted by molar-refractivity contribution is 0.0894. The molecule has 0 saturated carbocycles. The summed E-state index contributed by atoms with van der Waals surface area (Å²) in [6.07, 6.45) is 8.84. The number of aryl methyl sites for hydroxylation is 1. The first kappa shape index (κ1) is 19.1. The van der Waals surface area contributed by atoms with Crippen molar-refractivity contribution in [3.63, 3.8) is 0 Å². The van der Waals surface area contributed by atoms with E-state index in [-0.39, 0.29) is 21.7 Å². The van der Waals surface area contributed by atoms with Crippen LogP contribution < -0.4 is 0 Å². The lowest BCUT2D eigenvalue weighted by Crippen LogP contribution is -2.27. The smallest absolute Gasteiger partial charge is 0.186 e. The number of carbonyl (C=O) groups excluding carboxylic acids is 1. The molecule has 2 unspecified atom stereocenters. The number of rotatable bonds is 5. The monoisotopic (exact) mass is 389 g/mol. The van der Waals surface area contributed by atoms with Crippen molar-refractivity contribution in [2.45, 2.75) is 46.5 Å². The average molecular weight is 390 g/mol. The molecule has 1 aliphatic carbocycles. The van der Waals surface area contributed by atoms with Gasteiger partial charge in [-0.3, -0.25) is 4.79 Å². The molecule has 2 aromatic carbocycles. The van der Waals surface area contributed by atoms with E-state index in [0.717, 1.165) is 5.56 Å². The van der Waals surface area contributed by atoms with Crippen LogP contribution >= 0.6 is 10.5 Å². The number of fused-ring (bicyclic) bond motifs is 1. The van der Waals surface area contributed by atoms with Crippen LogP contribution in [-0.4, -0.2) is 5.78 Å². The van der Waals surface area contributed by atoms with Gasteiger partial charge < -0.3 is 0 Å². The van der Waals surface area contributed by atoms with Gasteiger partial charge in [0.25, 0.3) is 0 Å². The first-order chi connectivity index (χ1) is 13.5. The van der Waals surface area contributed by atoms with Crippen molar-refractivity contribution in [3.05, 3.63) is 77.2 Å². The predicted octanol–water partition coefficient (Wildman–Crippen LogP) is 7.84. The van der Waals surface area contributed by atoms with E-state index in [0.29, 0.717) is 12.3 Å². The third-order valence-electron chi connectivity index (χ3n) is 6.15. The van der Waals surface area contributed by atoms with Gasteiger partial charge in [-0.2, -0.15) is 0 Å². The third-order valence-corrected chi connectivity index (χ3v) is 8.35. The van der Waals surface area contributed by atoms with Crippen molar-refractivity contribution < 1.29 is 4.79 Å². The highest BCUT2D eigenvalue weighted by atomic mass is 32.2. The highest BCUT2D eigenvalue weighted by Gasteiger charge is 2.31. The standard InChI is InChI=1S/C26H29OS/c1-19-18-28(25-12-8-7-11-23(19)25)22-15-13-20(14-16-22)24(27)17-26(2,3)21-9-5-4-6-10-21/h5,7-9,11-16,18,21H,4,6,10,17H2,1-3H3/q+1. The van der Waals surface area contributed by atoms with Crippen LogP contribution in [0.2, 0.25) is 0 Å². The number of hydrogen-bond donors (Lipinski definition) is 0. The van der Waals surface area contributed by atoms with Gasteiger partial charge in [-0.15, -0.1) is 0 Å². The second-order valence-electron chi connectivity index (χ2n) is 8.71. The van der Waals surface area contributed by atoms with Gasteiger partial charge in [-0.05, 0) is 73.9 Å². The summed E-state index contributed by atoms with van der Waals surface area (Å²) in [6, 6.07) is 17.0. The molecule has 2 atom stereocenters. The molecule has 3 aromatic rings. The fourth-order valence-electron chi connectivity index (χ4n) is 4.38. The van der Waals surface area contributed by atoms with Crippen LogP contribution in [0.4, 0.5) is 0 Å². The molecular formula is C26H29OS+. The van der Waals surface area contributed by atoms with Gasteiger partial charge in [0.2, 0.25) is 0 Å². The van der Waals surface area contributed by atoms with E-state index < -0.39 is 0 Å². The van der Waals surface area contributed by atoms with E-state index in [1.165, 1.54) is 39.8 Å². The highest BCUT2D eigenvalue weighted by molar-refractivity contribution is 7.43. The Morgan fingerprint density at radius 1 is 1.11 bits per heavy atom. The van der Waals surface area contributed by atoms with Gasteiger partial charge in [0.05, 0.1) is 0 Å². The Labute approximate surface area is 171 Å². The molecule has 1 aromatic heterocycles. The van der Waals surface area contributed by atoms with E-state index in [1.807, 2.05) is 12.1 Å². The van der Waals surface area contributed by atoms with Gasteiger partial charge >= 0.3 is 0 Å². The van der Waals surface area contributed by atoms with E-state index in [1.54, 1.807) is 0 Å². The second-order valence-corrected chi connectivity index (χ2v) is 10.5. The molecule has 0 spiro atoms. The van der Waals surface area contributed by atoms with Gasteiger partial charge in [0.15, 0.2) is 15.4 Å². The minimum absolute atomic E-state index is 0.0126. The maximum absolute atomic E-state index is 13.0. The van der Waals surface area contributed by atoms with Gasteiger partial charge in [-0.1, -0.05) is 38.1 Å². The number of carbonyl (C=O) groups is 1. The summed E-state index contributed by atoms with van der Waals surface area (Å²) >= 11 is 0. The number of allylic oxidation sites excluding steroid dienone is 2. The van der Waals surface area contributed by atoms with Crippen LogP contribution in [0, 0.1) is 18.3 Å². The summed E-state index contributed by atoms with van der Waals surface area (Å²) < 4.78 is 1.39. The summed E-state index contributed by atoms with van der Waals surface area (Å²) in [4.78, 5) is 14.2. The Balaban J connectivity index is 1.55. The molecule has 0 bridgehead atoms. The van der Waals surface area contributed by atoms with Gasteiger partial charge in [-0.25, -0.2) is 0 Å². The SMILES string of the molecule is Cc1c[s+](-c2ccc(C(=O)CC(C)(C)C3C=CCCC3)cc2)c2ccccc12. The molecule has 0 N–H and O–H groups in total. The Kier molecular flexibility index (Phi) is 5.25. The van der Waals surface area contributed by atoms with Crippen molar-refractivity contribution in [1.29, 1.82) is 0 Å². The topological polar surface area (TPSA) is 17.1 Å². The number of Topliss-reactive ketones (excluding diaryl/α,β-unsaturated/α-hetero) is 1. The molecule has 0 saturated heterocycles. The molecular weight excluding hydrogens is 360 g/mol. The summed E-state index contributed by atoms with van der Waals surface area (Å²) in [7, 11) is -0.0226. The number of ketones is 1. The van der Waals surface area contributed by atoms with Crippen LogP contribution in [0.3, 0.4) is 0 Å². The zero-order valence-corrected chi connectivity index (χ0v) is 17.9. The first-order valence-electron chi connectivity index (χ1n) is 10.3. The minimum Gasteiger partial charge on any atom is -0.294 e. The number of thiophene rings is 1. The number of benzene rings is 2. The van der Waals surface area contributed by atoms with Crippen molar-refractivity contribution in [2.24, 2.45) is 11.3 Å². The molecule has 4 rings (SSSR count). The normalized spacial score (nSPS) is 17.8. The van der Waals surface area contributed by atoms with E-state index in [4.69, 9.17) is 0 Å². The lowest BCUT2D eigenvalue weighted by atomic mass is 9.71. The summed E-state index contributed by atoms with van der Waals surface area (Å²) in [6.45, 7) is 6.67. The second kappa shape index (κ2) is 7.67. The van der Waals surface area contributed by atoms with Crippen LogP contribution in [0.5, 0.6) is 0 Å². The van der Waals surface area contributed by atoms with Gasteiger partial charge in [0.1, 0.15) is 5.38 Å². The highest BCUT2D eigenvalue weighted by Crippen LogP contribution is 2.42. The molecule has 0 radical (unpaired) electrons. The first-order valence-corrected chi connectivity index (χ1v) is 11.6. The van der Waals surface area contributed by atoms with E-state index >= 15 is 0 Å². The van der Waals surface area contributed by atoms with Crippen LogP contribution in [0.15, 0.2) is 66.1 Å². The van der Waals surface area contributed by atoms with E-state index in [9.17, 15) is 4.79 Å². The molecule has 0 amide bonds. The van der Waals surface area contributed by atoms with Crippen molar-refractivity contribution in [1.82, 2.24) is 0 Å². The number of hydrogen-bond acceptors (Lipinski definition) is 1. The Morgan fingerprint density at radius 2 is 1.86 bits per heavy atom. The molecule has 2 heteroatoms. The average Bonchev–Trinajstić information content (AvgIpc) is 3.05. The molecule has 1 nitrogen and oxygen atoms in total. The van der Waals surface area contributed by atoms with E-state index in [2.05, 4.69) is 74.7 Å². The molecule has 0 aliphatic heterocycles. The Bertz CT molecular complexity index is 1020. The predicted molar refractivity (Wildman–Crippen MR) is 122 cm³/mol. The maximum atomic E-state index is 13.0. The molecule has 28 heavy (non-hydrogen) atoms. The maximum Gasteiger partial charge on any atom is 0.186 e. The Hall–Kier alpha value is -2.19. The molecule has 0 fully saturated rings. The summed E-state index contributed by atoms with van der Waals surface area (Å²) in [5, 5.41) is 3.72. The fourth-order valence-corrected chi connectivity index (χ4v) is 6.50. The quantitative estimate of drug-likeness (QED) is 0.247. The van der Waals surface area contributed by atoms with Crippen molar-refractivity contribution >= 4 is 26.3 Å². The Morgan fingerprint density at radius 3 is 2.57 bits per heavy atom. The largest absolute Gasteiger partial charge is 0.294 e. The minimum atomic E-state index is -0.0226. The third kappa shape index (κ3) is 3.71. The summed E-state index contributed by atoms with van der Waals surface area (Å²) in [5.41, 5.74) is 2.20.